The average molecular weight is 572 g/mol. The number of hydrogen-bond donors (Lipinski definition) is 4. The van der Waals surface area contributed by atoms with Crippen LogP contribution in [-0.4, -0.2) is 72.5 Å². The average Bonchev–Trinajstić information content (AvgIpc) is 3.39. The highest BCUT2D eigenvalue weighted by molar-refractivity contribution is 7.91. The standard InChI is InChI=1S/C24H25N5O4S2.C2H4O2/c25-22(26)17-6-8-18(9-7-17)24(31)28-12-14-29(15-13-28)35(32,33)20-11-10-19(34-20)21(23(27)30)16-4-2-1-3-5-16;1-2(3)4/h1-11,21H,12-15H2,(H3,25,26)(H2,27,30);1H3,(H,3,4). The van der Waals surface area contributed by atoms with E-state index in [9.17, 15) is 18.0 Å². The number of amides is 2. The number of aliphatic carboxylic acids is 1. The van der Waals surface area contributed by atoms with Crippen LogP contribution in [-0.2, 0) is 19.6 Å². The SMILES string of the molecule is CC(=O)O.N=C(N)c1ccc(C(=O)N2CCN(S(=O)(=O)c3ccc(C(C(N)=O)c4ccccc4)s3)CC2)cc1. The van der Waals surface area contributed by atoms with Gasteiger partial charge >= 0.3 is 0 Å². The number of rotatable bonds is 7. The first kappa shape index (κ1) is 29.5. The molecule has 1 aliphatic heterocycles. The number of amidine groups is 1. The number of carboxylic acid groups (broad SMARTS) is 1. The van der Waals surface area contributed by atoms with Gasteiger partial charge in [-0.25, -0.2) is 8.42 Å². The van der Waals surface area contributed by atoms with E-state index in [0.717, 1.165) is 18.3 Å². The summed E-state index contributed by atoms with van der Waals surface area (Å²) in [5, 5.41) is 14.9. The van der Waals surface area contributed by atoms with Crippen LogP contribution < -0.4 is 11.5 Å². The molecule has 1 fully saturated rings. The van der Waals surface area contributed by atoms with Crippen LogP contribution in [0.4, 0.5) is 0 Å². The van der Waals surface area contributed by atoms with Crippen molar-refractivity contribution >= 4 is 45.0 Å². The number of carbonyl (C=O) groups excluding carboxylic acids is 2. The molecular weight excluding hydrogens is 542 g/mol. The molecular formula is C26H29N5O6S2. The number of nitrogens with one attached hydrogen (secondary N) is 1. The second-order valence-corrected chi connectivity index (χ2v) is 11.9. The number of sulfonamides is 1. The minimum atomic E-state index is -3.79. The van der Waals surface area contributed by atoms with Crippen molar-refractivity contribution in [3.63, 3.8) is 0 Å². The van der Waals surface area contributed by atoms with Crippen molar-refractivity contribution in [3.05, 3.63) is 88.3 Å². The van der Waals surface area contributed by atoms with Crippen molar-refractivity contribution in [1.29, 1.82) is 5.41 Å². The van der Waals surface area contributed by atoms with E-state index in [2.05, 4.69) is 0 Å². The molecule has 4 rings (SSSR count). The van der Waals surface area contributed by atoms with Gasteiger partial charge in [0.15, 0.2) is 0 Å². The fourth-order valence-electron chi connectivity index (χ4n) is 3.98. The Morgan fingerprint density at radius 3 is 1.95 bits per heavy atom. The number of thiophene rings is 1. The molecule has 2 heterocycles. The molecule has 1 unspecified atom stereocenters. The third kappa shape index (κ3) is 7.28. The van der Waals surface area contributed by atoms with Crippen molar-refractivity contribution in [1.82, 2.24) is 9.21 Å². The monoisotopic (exact) mass is 571 g/mol. The zero-order chi connectivity index (χ0) is 28.7. The lowest BCUT2D eigenvalue weighted by Crippen LogP contribution is -2.50. The van der Waals surface area contributed by atoms with Gasteiger partial charge in [0.1, 0.15) is 10.0 Å². The van der Waals surface area contributed by atoms with Crippen molar-refractivity contribution in [2.45, 2.75) is 17.1 Å². The zero-order valence-electron chi connectivity index (χ0n) is 21.1. The van der Waals surface area contributed by atoms with Crippen LogP contribution in [0.15, 0.2) is 70.9 Å². The highest BCUT2D eigenvalue weighted by atomic mass is 32.2. The first-order valence-corrected chi connectivity index (χ1v) is 14.0. The minimum Gasteiger partial charge on any atom is -0.481 e. The van der Waals surface area contributed by atoms with Crippen LogP contribution in [0.2, 0.25) is 0 Å². The topological polar surface area (TPSA) is 188 Å². The van der Waals surface area contributed by atoms with E-state index >= 15 is 0 Å². The van der Waals surface area contributed by atoms with Crippen LogP contribution in [0.3, 0.4) is 0 Å². The molecule has 13 heteroatoms. The van der Waals surface area contributed by atoms with Crippen LogP contribution in [0, 0.1) is 5.41 Å². The molecule has 39 heavy (non-hydrogen) atoms. The number of nitrogens with two attached hydrogens (primary N) is 2. The lowest BCUT2D eigenvalue weighted by molar-refractivity contribution is -0.134. The molecule has 1 saturated heterocycles. The summed E-state index contributed by atoms with van der Waals surface area (Å²) in [6, 6.07) is 18.6. The molecule has 2 aromatic carbocycles. The number of carbonyl (C=O) groups is 3. The van der Waals surface area contributed by atoms with Crippen molar-refractivity contribution < 1.29 is 27.9 Å². The summed E-state index contributed by atoms with van der Waals surface area (Å²) < 4.78 is 28.0. The van der Waals surface area contributed by atoms with Gasteiger partial charge in [0, 0.05) is 49.1 Å². The molecule has 206 valence electrons. The van der Waals surface area contributed by atoms with E-state index < -0.39 is 27.8 Å². The number of hydrogen-bond acceptors (Lipinski definition) is 7. The maximum absolute atomic E-state index is 13.3. The first-order valence-electron chi connectivity index (χ1n) is 11.8. The van der Waals surface area contributed by atoms with Gasteiger partial charge in [0.25, 0.3) is 21.9 Å². The van der Waals surface area contributed by atoms with Crippen molar-refractivity contribution in [3.8, 4) is 0 Å². The number of nitrogen functional groups attached to an aromatic ring is 1. The van der Waals surface area contributed by atoms with Gasteiger partial charge in [-0.3, -0.25) is 19.8 Å². The quantitative estimate of drug-likeness (QED) is 0.246. The highest BCUT2D eigenvalue weighted by Gasteiger charge is 2.32. The largest absolute Gasteiger partial charge is 0.481 e. The van der Waals surface area contributed by atoms with Crippen LogP contribution >= 0.6 is 11.3 Å². The Morgan fingerprint density at radius 1 is 0.897 bits per heavy atom. The number of nitrogens with zero attached hydrogens (tertiary/aromatic N) is 2. The third-order valence-electron chi connectivity index (χ3n) is 5.87. The van der Waals surface area contributed by atoms with Crippen LogP contribution in [0.1, 0.15) is 39.2 Å². The zero-order valence-corrected chi connectivity index (χ0v) is 22.7. The molecule has 6 N–H and O–H groups in total. The predicted molar refractivity (Wildman–Crippen MR) is 147 cm³/mol. The summed E-state index contributed by atoms with van der Waals surface area (Å²) in [6.45, 7) is 1.90. The Kier molecular flexibility index (Phi) is 9.56. The van der Waals surface area contributed by atoms with Gasteiger partial charge in [0.2, 0.25) is 5.91 Å². The lowest BCUT2D eigenvalue weighted by atomic mass is 9.97. The smallest absolute Gasteiger partial charge is 0.300 e. The molecule has 0 saturated carbocycles. The Bertz CT molecular complexity index is 1440. The third-order valence-corrected chi connectivity index (χ3v) is 9.38. The summed E-state index contributed by atoms with van der Waals surface area (Å²) in [6.07, 6.45) is 0. The van der Waals surface area contributed by atoms with Gasteiger partial charge < -0.3 is 21.5 Å². The maximum atomic E-state index is 13.3. The van der Waals surface area contributed by atoms with E-state index in [1.807, 2.05) is 6.07 Å². The van der Waals surface area contributed by atoms with Gasteiger partial charge in [-0.15, -0.1) is 11.3 Å². The van der Waals surface area contributed by atoms with Crippen molar-refractivity contribution in [2.24, 2.45) is 11.5 Å². The Balaban J connectivity index is 0.000000983. The Morgan fingerprint density at radius 2 is 1.44 bits per heavy atom. The second-order valence-electron chi connectivity index (χ2n) is 8.61. The fraction of sp³-hybridized carbons (Fsp3) is 0.231. The number of benzene rings is 2. The van der Waals surface area contributed by atoms with Gasteiger partial charge in [0.05, 0.1) is 5.92 Å². The summed E-state index contributed by atoms with van der Waals surface area (Å²) in [4.78, 5) is 36.1. The van der Waals surface area contributed by atoms with E-state index in [-0.39, 0.29) is 42.1 Å². The number of piperazine rings is 1. The molecule has 0 spiro atoms. The number of carboxylic acids is 1. The lowest BCUT2D eigenvalue weighted by Gasteiger charge is -2.33. The van der Waals surface area contributed by atoms with Crippen molar-refractivity contribution in [2.75, 3.05) is 26.2 Å². The summed E-state index contributed by atoms with van der Waals surface area (Å²) >= 11 is 1.03. The number of primary amides is 1. The molecule has 0 bridgehead atoms. The highest BCUT2D eigenvalue weighted by Crippen LogP contribution is 2.34. The summed E-state index contributed by atoms with van der Waals surface area (Å²) in [5.74, 6) is -2.40. The van der Waals surface area contributed by atoms with Crippen LogP contribution in [0.25, 0.3) is 0 Å². The Labute approximate surface area is 230 Å². The first-order chi connectivity index (χ1) is 18.4. The molecule has 0 radical (unpaired) electrons. The molecule has 11 nitrogen and oxygen atoms in total. The Hall–Kier alpha value is -4.07. The molecule has 1 aromatic heterocycles. The van der Waals surface area contributed by atoms with Crippen LogP contribution in [0.5, 0.6) is 0 Å². The molecule has 2 amide bonds. The van der Waals surface area contributed by atoms with E-state index in [1.165, 1.54) is 10.4 Å². The predicted octanol–water partition coefficient (Wildman–Crippen LogP) is 1.89. The molecule has 1 aliphatic rings. The van der Waals surface area contributed by atoms with Gasteiger partial charge in [-0.1, -0.05) is 42.5 Å². The van der Waals surface area contributed by atoms with E-state index in [0.29, 0.717) is 21.6 Å². The van der Waals surface area contributed by atoms with E-state index in [4.69, 9.17) is 26.8 Å². The molecule has 1 atom stereocenters. The maximum Gasteiger partial charge on any atom is 0.300 e. The normalized spacial score (nSPS) is 14.5. The van der Waals surface area contributed by atoms with Gasteiger partial charge in [-0.05, 0) is 29.8 Å². The fourth-order valence-corrected chi connectivity index (χ4v) is 7.02. The van der Waals surface area contributed by atoms with E-state index in [1.54, 1.807) is 59.5 Å². The molecule has 3 aromatic rings. The summed E-state index contributed by atoms with van der Waals surface area (Å²) in [5.41, 5.74) is 12.8. The van der Waals surface area contributed by atoms with Gasteiger partial charge in [-0.2, -0.15) is 4.31 Å². The molecule has 0 aliphatic carbocycles. The second kappa shape index (κ2) is 12.7. The summed E-state index contributed by atoms with van der Waals surface area (Å²) in [7, 11) is -3.79. The minimum absolute atomic E-state index is 0.0783.